The molecule has 0 aliphatic carbocycles. The van der Waals surface area contributed by atoms with Crippen LogP contribution in [0.15, 0.2) is 4.99 Å². The zero-order chi connectivity index (χ0) is 18.9. The van der Waals surface area contributed by atoms with Crippen LogP contribution >= 0.6 is 0 Å². The third-order valence-corrected chi connectivity index (χ3v) is 5.96. The Morgan fingerprint density at radius 3 is 2.32 bits per heavy atom. The topological polar surface area (TPSA) is 83.0 Å². The second-order valence-electron chi connectivity index (χ2n) is 7.21. The minimum atomic E-state index is -3.28. The van der Waals surface area contributed by atoms with Gasteiger partial charge in [-0.3, -0.25) is 4.99 Å². The normalized spacial score (nSPS) is 23.0. The molecule has 25 heavy (non-hydrogen) atoms. The summed E-state index contributed by atoms with van der Waals surface area (Å²) in [5.41, 5.74) is 0. The van der Waals surface area contributed by atoms with Gasteiger partial charge < -0.3 is 15.4 Å². The highest BCUT2D eigenvalue weighted by atomic mass is 32.2. The van der Waals surface area contributed by atoms with Gasteiger partial charge in [0.05, 0.1) is 18.0 Å². The monoisotopic (exact) mass is 376 g/mol. The van der Waals surface area contributed by atoms with E-state index in [1.165, 1.54) is 17.1 Å². The molecular formula is C17H36N4O3S. The van der Waals surface area contributed by atoms with Crippen molar-refractivity contribution in [3.63, 3.8) is 0 Å². The lowest BCUT2D eigenvalue weighted by atomic mass is 10.1. The maximum atomic E-state index is 12.5. The van der Waals surface area contributed by atoms with Crippen molar-refractivity contribution in [2.45, 2.75) is 59.2 Å². The fourth-order valence-electron chi connectivity index (χ4n) is 2.89. The molecule has 0 aromatic heterocycles. The molecule has 1 heterocycles. The van der Waals surface area contributed by atoms with Crippen molar-refractivity contribution in [2.75, 3.05) is 39.0 Å². The SMILES string of the molecule is CN=C(NCCCCC(C)C)NCCS(=O)(=O)N1CC(C)OC(C)C1. The molecule has 0 bridgehead atoms. The van der Waals surface area contributed by atoms with E-state index in [1.54, 1.807) is 7.05 Å². The minimum absolute atomic E-state index is 0.0560. The summed E-state index contributed by atoms with van der Waals surface area (Å²) >= 11 is 0. The number of nitrogens with zero attached hydrogens (tertiary/aromatic N) is 2. The van der Waals surface area contributed by atoms with Gasteiger partial charge in [0.15, 0.2) is 5.96 Å². The highest BCUT2D eigenvalue weighted by Crippen LogP contribution is 2.14. The van der Waals surface area contributed by atoms with E-state index in [9.17, 15) is 8.42 Å². The second kappa shape index (κ2) is 11.0. The van der Waals surface area contributed by atoms with Crippen molar-refractivity contribution in [3.8, 4) is 0 Å². The summed E-state index contributed by atoms with van der Waals surface area (Å²) in [4.78, 5) is 4.14. The van der Waals surface area contributed by atoms with Crippen molar-refractivity contribution < 1.29 is 13.2 Å². The first-order chi connectivity index (χ1) is 11.7. The van der Waals surface area contributed by atoms with E-state index in [0.29, 0.717) is 25.6 Å². The summed E-state index contributed by atoms with van der Waals surface area (Å²) in [6.07, 6.45) is 3.37. The van der Waals surface area contributed by atoms with Gasteiger partial charge in [-0.15, -0.1) is 0 Å². The number of morpholine rings is 1. The largest absolute Gasteiger partial charge is 0.373 e. The molecule has 0 spiro atoms. The van der Waals surface area contributed by atoms with Crippen molar-refractivity contribution in [1.82, 2.24) is 14.9 Å². The summed E-state index contributed by atoms with van der Waals surface area (Å²) in [6, 6.07) is 0. The molecule has 2 N–H and O–H groups in total. The first-order valence-corrected chi connectivity index (χ1v) is 10.9. The summed E-state index contributed by atoms with van der Waals surface area (Å²) in [5.74, 6) is 1.44. The fourth-order valence-corrected chi connectivity index (χ4v) is 4.38. The Morgan fingerprint density at radius 2 is 1.76 bits per heavy atom. The summed E-state index contributed by atoms with van der Waals surface area (Å²) in [5, 5.41) is 6.32. The van der Waals surface area contributed by atoms with E-state index in [0.717, 1.165) is 18.9 Å². The second-order valence-corrected chi connectivity index (χ2v) is 9.29. The zero-order valence-corrected chi connectivity index (χ0v) is 17.2. The Labute approximate surface area is 153 Å². The van der Waals surface area contributed by atoms with Gasteiger partial charge in [0.1, 0.15) is 0 Å². The standard InChI is InChI=1S/C17H36N4O3S/c1-14(2)8-6-7-9-19-17(18-5)20-10-11-25(22,23)21-12-15(3)24-16(4)13-21/h14-16H,6-13H2,1-5H3,(H2,18,19,20). The fraction of sp³-hybridized carbons (Fsp3) is 0.941. The van der Waals surface area contributed by atoms with Gasteiger partial charge in [-0.05, 0) is 26.2 Å². The predicted octanol–water partition coefficient (Wildman–Crippen LogP) is 1.42. The van der Waals surface area contributed by atoms with Crippen LogP contribution in [-0.4, -0.2) is 69.9 Å². The predicted molar refractivity (Wildman–Crippen MR) is 103 cm³/mol. The molecule has 1 saturated heterocycles. The van der Waals surface area contributed by atoms with E-state index in [4.69, 9.17) is 4.74 Å². The number of sulfonamides is 1. The Bertz CT molecular complexity index is 498. The summed E-state index contributed by atoms with van der Waals surface area (Å²) < 4.78 is 32.1. The Balaban J connectivity index is 2.31. The number of rotatable bonds is 9. The molecule has 2 unspecified atom stereocenters. The molecule has 0 aromatic carbocycles. The lowest BCUT2D eigenvalue weighted by Gasteiger charge is -2.34. The minimum Gasteiger partial charge on any atom is -0.373 e. The van der Waals surface area contributed by atoms with Crippen LogP contribution < -0.4 is 10.6 Å². The highest BCUT2D eigenvalue weighted by Gasteiger charge is 2.30. The third-order valence-electron chi connectivity index (χ3n) is 4.16. The van der Waals surface area contributed by atoms with Gasteiger partial charge in [0.2, 0.25) is 10.0 Å². The zero-order valence-electron chi connectivity index (χ0n) is 16.4. The van der Waals surface area contributed by atoms with Gasteiger partial charge in [-0.2, -0.15) is 4.31 Å². The number of hydrogen-bond acceptors (Lipinski definition) is 4. The Hall–Kier alpha value is -0.860. The van der Waals surface area contributed by atoms with Crippen LogP contribution in [0.2, 0.25) is 0 Å². The molecule has 1 fully saturated rings. The molecular weight excluding hydrogens is 340 g/mol. The third kappa shape index (κ3) is 8.87. The van der Waals surface area contributed by atoms with Crippen LogP contribution in [0.3, 0.4) is 0 Å². The Morgan fingerprint density at radius 1 is 1.16 bits per heavy atom. The molecule has 1 aliphatic rings. The molecule has 1 aliphatic heterocycles. The number of aliphatic imine (C=N–C) groups is 1. The lowest BCUT2D eigenvalue weighted by molar-refractivity contribution is -0.0440. The van der Waals surface area contributed by atoms with Crippen LogP contribution in [0.1, 0.15) is 47.0 Å². The lowest BCUT2D eigenvalue weighted by Crippen LogP contribution is -2.50. The molecule has 148 valence electrons. The first-order valence-electron chi connectivity index (χ1n) is 9.32. The number of unbranched alkanes of at least 4 members (excludes halogenated alkanes) is 1. The number of guanidine groups is 1. The van der Waals surface area contributed by atoms with Crippen LogP contribution in [-0.2, 0) is 14.8 Å². The molecule has 0 saturated carbocycles. The van der Waals surface area contributed by atoms with Gasteiger partial charge in [0, 0.05) is 33.2 Å². The van der Waals surface area contributed by atoms with Gasteiger partial charge in [-0.25, -0.2) is 8.42 Å². The molecule has 2 atom stereocenters. The number of hydrogen-bond donors (Lipinski definition) is 2. The maximum absolute atomic E-state index is 12.5. The van der Waals surface area contributed by atoms with Gasteiger partial charge in [0.25, 0.3) is 0 Å². The average Bonchev–Trinajstić information content (AvgIpc) is 2.51. The molecule has 0 radical (unpaired) electrons. The average molecular weight is 377 g/mol. The highest BCUT2D eigenvalue weighted by molar-refractivity contribution is 7.89. The van der Waals surface area contributed by atoms with E-state index in [1.807, 2.05) is 13.8 Å². The summed E-state index contributed by atoms with van der Waals surface area (Å²) in [7, 11) is -1.59. The van der Waals surface area contributed by atoms with E-state index >= 15 is 0 Å². The van der Waals surface area contributed by atoms with Crippen LogP contribution in [0.25, 0.3) is 0 Å². The molecule has 0 aromatic rings. The van der Waals surface area contributed by atoms with Crippen molar-refractivity contribution in [1.29, 1.82) is 0 Å². The maximum Gasteiger partial charge on any atom is 0.216 e. The van der Waals surface area contributed by atoms with Gasteiger partial charge in [-0.1, -0.05) is 26.7 Å². The van der Waals surface area contributed by atoms with Crippen molar-refractivity contribution in [3.05, 3.63) is 0 Å². The van der Waals surface area contributed by atoms with Crippen molar-refractivity contribution >= 4 is 16.0 Å². The van der Waals surface area contributed by atoms with Gasteiger partial charge >= 0.3 is 0 Å². The first kappa shape index (κ1) is 22.2. The summed E-state index contributed by atoms with van der Waals surface area (Å²) in [6.45, 7) is 10.3. The molecule has 8 heteroatoms. The van der Waals surface area contributed by atoms with Crippen LogP contribution in [0.4, 0.5) is 0 Å². The smallest absolute Gasteiger partial charge is 0.216 e. The van der Waals surface area contributed by atoms with Crippen molar-refractivity contribution in [2.24, 2.45) is 10.9 Å². The van der Waals surface area contributed by atoms with Crippen LogP contribution in [0, 0.1) is 5.92 Å². The molecule has 1 rings (SSSR count). The Kier molecular flexibility index (Phi) is 9.74. The molecule has 7 nitrogen and oxygen atoms in total. The quantitative estimate of drug-likeness (QED) is 0.361. The molecule has 0 amide bonds. The van der Waals surface area contributed by atoms with E-state index in [2.05, 4.69) is 29.5 Å². The number of nitrogens with one attached hydrogen (secondary N) is 2. The van der Waals surface area contributed by atoms with E-state index in [-0.39, 0.29) is 18.0 Å². The number of ether oxygens (including phenoxy) is 1. The van der Waals surface area contributed by atoms with E-state index < -0.39 is 10.0 Å². The van der Waals surface area contributed by atoms with Crippen LogP contribution in [0.5, 0.6) is 0 Å².